The van der Waals surface area contributed by atoms with Crippen LogP contribution in [0.15, 0.2) is 52.6 Å². The molecule has 1 aromatic heterocycles. The number of carbonyl (C=O) groups is 1. The highest BCUT2D eigenvalue weighted by molar-refractivity contribution is 7.92. The molecule has 1 atom stereocenters. The largest absolute Gasteiger partial charge is 0.417 e. The maximum absolute atomic E-state index is 12.7. The molecule has 0 spiro atoms. The lowest BCUT2D eigenvalue weighted by atomic mass is 10.1. The molecule has 2 N–H and O–H groups in total. The summed E-state index contributed by atoms with van der Waals surface area (Å²) in [5, 5.41) is 14.8. The van der Waals surface area contributed by atoms with Crippen LogP contribution in [0.1, 0.15) is 30.9 Å². The van der Waals surface area contributed by atoms with Crippen LogP contribution in [0.3, 0.4) is 0 Å². The molecule has 1 aliphatic carbocycles. The quantitative estimate of drug-likeness (QED) is 0.452. The Morgan fingerprint density at radius 1 is 1.25 bits per heavy atom. The third-order valence-electron chi connectivity index (χ3n) is 4.55. The van der Waals surface area contributed by atoms with E-state index in [2.05, 4.69) is 15.5 Å². The van der Waals surface area contributed by atoms with Crippen molar-refractivity contribution in [2.45, 2.75) is 42.2 Å². The fourth-order valence-corrected chi connectivity index (χ4v) is 4.24. The Labute approximate surface area is 182 Å². The third-order valence-corrected chi connectivity index (χ3v) is 6.83. The summed E-state index contributed by atoms with van der Waals surface area (Å²) in [7, 11) is -3.43. The molecule has 0 saturated heterocycles. The van der Waals surface area contributed by atoms with E-state index in [-0.39, 0.29) is 28.6 Å². The van der Waals surface area contributed by atoms with Crippen molar-refractivity contribution in [3.63, 3.8) is 0 Å². The van der Waals surface area contributed by atoms with Gasteiger partial charge >= 0.3 is 6.18 Å². The molecule has 1 aromatic carbocycles. The minimum absolute atomic E-state index is 0.109. The van der Waals surface area contributed by atoms with E-state index in [1.807, 2.05) is 0 Å². The number of nitrogens with one attached hydrogen (secondary N) is 1. The summed E-state index contributed by atoms with van der Waals surface area (Å²) in [6.45, 7) is 1.12. The minimum Gasteiger partial charge on any atom is -0.392 e. The second-order valence-corrected chi connectivity index (χ2v) is 9.42. The average Bonchev–Trinajstić information content (AvgIpc) is 3.60. The summed E-state index contributed by atoms with van der Waals surface area (Å²) in [5.74, 6) is -1.00. The minimum atomic E-state index is -4.57. The fourth-order valence-electron chi connectivity index (χ4n) is 2.59. The third kappa shape index (κ3) is 5.62. The van der Waals surface area contributed by atoms with E-state index in [4.69, 9.17) is 9.94 Å². The lowest BCUT2D eigenvalue weighted by Gasteiger charge is -2.12. The van der Waals surface area contributed by atoms with Crippen LogP contribution < -0.4 is 5.32 Å². The van der Waals surface area contributed by atoms with Gasteiger partial charge in [0.2, 0.25) is 0 Å². The predicted molar refractivity (Wildman–Crippen MR) is 109 cm³/mol. The maximum Gasteiger partial charge on any atom is 0.417 e. The molecule has 2 aromatic rings. The number of hydrogen-bond donors (Lipinski definition) is 2. The van der Waals surface area contributed by atoms with Crippen molar-refractivity contribution < 1.29 is 36.3 Å². The van der Waals surface area contributed by atoms with Crippen molar-refractivity contribution in [2.24, 2.45) is 5.16 Å². The highest BCUT2D eigenvalue weighted by Crippen LogP contribution is 2.33. The number of amides is 1. The summed E-state index contributed by atoms with van der Waals surface area (Å²) in [6.07, 6.45) is -3.53. The lowest BCUT2D eigenvalue weighted by molar-refractivity contribution is -0.137. The highest BCUT2D eigenvalue weighted by Gasteiger charge is 2.37. The summed E-state index contributed by atoms with van der Waals surface area (Å²) >= 11 is 0. The Morgan fingerprint density at radius 3 is 2.41 bits per heavy atom. The normalized spacial score (nSPS) is 15.8. The molecule has 1 amide bonds. The first-order valence-electron chi connectivity index (χ1n) is 9.56. The number of nitrogens with zero attached hydrogens (tertiary/aromatic N) is 2. The van der Waals surface area contributed by atoms with E-state index in [9.17, 15) is 26.4 Å². The van der Waals surface area contributed by atoms with Crippen molar-refractivity contribution in [3.05, 3.63) is 53.7 Å². The Kier molecular flexibility index (Phi) is 6.84. The molecule has 172 valence electrons. The molecule has 1 heterocycles. The number of oxime groups is 1. The van der Waals surface area contributed by atoms with Gasteiger partial charge in [0, 0.05) is 11.8 Å². The second kappa shape index (κ2) is 9.25. The van der Waals surface area contributed by atoms with Crippen LogP contribution in [0.2, 0.25) is 0 Å². The van der Waals surface area contributed by atoms with Gasteiger partial charge < -0.3 is 15.3 Å². The number of rotatable bonds is 8. The highest BCUT2D eigenvalue weighted by atomic mass is 32.2. The summed E-state index contributed by atoms with van der Waals surface area (Å²) in [5.41, 5.74) is -1.05. The van der Waals surface area contributed by atoms with Crippen LogP contribution in [-0.4, -0.2) is 48.1 Å². The SMILES string of the molecule is C[C@H](CO)O/N=C(/C(=O)Nc1ccc(C(F)(F)F)cn1)c1ccc(S(=O)(=O)C2CC2)cc1. The number of halogens is 3. The van der Waals surface area contributed by atoms with Gasteiger partial charge in [0.1, 0.15) is 11.9 Å². The number of pyridine rings is 1. The van der Waals surface area contributed by atoms with E-state index in [1.165, 1.54) is 31.2 Å². The standard InChI is InChI=1S/C20H20F3N3O5S/c1-12(11-27)31-26-18(13-2-5-15(6-3-13)32(29,30)16-7-8-16)19(28)25-17-9-4-14(10-24-17)20(21,22)23/h2-6,9-10,12,16,27H,7-8,11H2,1H3,(H,24,25,28)/b26-18+/t12-/m1/s1. The Bertz CT molecular complexity index is 1100. The number of hydrogen-bond acceptors (Lipinski definition) is 7. The van der Waals surface area contributed by atoms with Crippen LogP contribution in [0.4, 0.5) is 19.0 Å². The molecular weight excluding hydrogens is 451 g/mol. The van der Waals surface area contributed by atoms with E-state index < -0.39 is 38.8 Å². The number of anilines is 1. The molecule has 1 aliphatic rings. The molecule has 3 rings (SSSR count). The Hall–Kier alpha value is -2.99. The molecule has 12 heteroatoms. The van der Waals surface area contributed by atoms with Gasteiger partial charge in [0.15, 0.2) is 15.5 Å². The van der Waals surface area contributed by atoms with Gasteiger partial charge in [0.05, 0.1) is 22.3 Å². The van der Waals surface area contributed by atoms with E-state index in [1.54, 1.807) is 0 Å². The summed E-state index contributed by atoms with van der Waals surface area (Å²) in [6, 6.07) is 7.19. The topological polar surface area (TPSA) is 118 Å². The van der Waals surface area contributed by atoms with Crippen LogP contribution in [0.25, 0.3) is 0 Å². The van der Waals surface area contributed by atoms with Gasteiger partial charge in [-0.3, -0.25) is 4.79 Å². The van der Waals surface area contributed by atoms with Gasteiger partial charge in [-0.1, -0.05) is 17.3 Å². The van der Waals surface area contributed by atoms with Gasteiger partial charge in [-0.25, -0.2) is 13.4 Å². The zero-order valence-corrected chi connectivity index (χ0v) is 17.7. The summed E-state index contributed by atoms with van der Waals surface area (Å²) in [4.78, 5) is 21.5. The van der Waals surface area contributed by atoms with Crippen molar-refractivity contribution in [2.75, 3.05) is 11.9 Å². The first-order chi connectivity index (χ1) is 15.0. The van der Waals surface area contributed by atoms with Crippen LogP contribution in [0, 0.1) is 0 Å². The molecule has 0 radical (unpaired) electrons. The number of aliphatic hydroxyl groups is 1. The number of carbonyl (C=O) groups excluding carboxylic acids is 1. The molecule has 8 nitrogen and oxygen atoms in total. The average molecular weight is 471 g/mol. The monoisotopic (exact) mass is 471 g/mol. The zero-order chi connectivity index (χ0) is 23.5. The van der Waals surface area contributed by atoms with E-state index >= 15 is 0 Å². The van der Waals surface area contributed by atoms with Crippen LogP contribution >= 0.6 is 0 Å². The number of aromatic nitrogens is 1. The Balaban J connectivity index is 1.84. The fraction of sp³-hybridized carbons (Fsp3) is 0.350. The van der Waals surface area contributed by atoms with Gasteiger partial charge in [-0.05, 0) is 44.0 Å². The van der Waals surface area contributed by atoms with Gasteiger partial charge in [0.25, 0.3) is 5.91 Å². The molecule has 1 fully saturated rings. The zero-order valence-electron chi connectivity index (χ0n) is 16.8. The molecule has 1 saturated carbocycles. The number of benzene rings is 1. The van der Waals surface area contributed by atoms with E-state index in [0.29, 0.717) is 19.0 Å². The molecule has 0 bridgehead atoms. The number of sulfone groups is 1. The number of alkyl halides is 3. The maximum atomic E-state index is 12.7. The molecule has 0 unspecified atom stereocenters. The van der Waals surface area contributed by atoms with E-state index in [0.717, 1.165) is 12.1 Å². The first-order valence-corrected chi connectivity index (χ1v) is 11.1. The van der Waals surface area contributed by atoms with Crippen LogP contribution in [-0.2, 0) is 25.6 Å². The van der Waals surface area contributed by atoms with Gasteiger partial charge in [-0.15, -0.1) is 0 Å². The lowest BCUT2D eigenvalue weighted by Crippen LogP contribution is -2.26. The van der Waals surface area contributed by atoms with Crippen molar-refractivity contribution in [3.8, 4) is 0 Å². The van der Waals surface area contributed by atoms with Crippen molar-refractivity contribution in [1.82, 2.24) is 4.98 Å². The smallest absolute Gasteiger partial charge is 0.392 e. The van der Waals surface area contributed by atoms with Crippen molar-refractivity contribution >= 4 is 27.3 Å². The van der Waals surface area contributed by atoms with Crippen LogP contribution in [0.5, 0.6) is 0 Å². The predicted octanol–water partition coefficient (Wildman–Crippen LogP) is 2.78. The summed E-state index contributed by atoms with van der Waals surface area (Å²) < 4.78 is 62.8. The van der Waals surface area contributed by atoms with Crippen molar-refractivity contribution in [1.29, 1.82) is 0 Å². The molecule has 32 heavy (non-hydrogen) atoms. The number of aliphatic hydroxyl groups excluding tert-OH is 1. The van der Waals surface area contributed by atoms with Gasteiger partial charge in [-0.2, -0.15) is 13.2 Å². The first kappa shape index (κ1) is 23.7. The molecule has 0 aliphatic heterocycles. The molecular formula is C20H20F3N3O5S. The Morgan fingerprint density at radius 2 is 1.91 bits per heavy atom. The second-order valence-electron chi connectivity index (χ2n) is 7.19.